The van der Waals surface area contributed by atoms with Crippen LogP contribution in [0.25, 0.3) is 0 Å². The first-order valence-corrected chi connectivity index (χ1v) is 3.73. The molecule has 1 aromatic heterocycles. The monoisotopic (exact) mass is 242 g/mol. The summed E-state index contributed by atoms with van der Waals surface area (Å²) >= 11 is 5.33. The van der Waals surface area contributed by atoms with E-state index < -0.39 is 22.9 Å². The summed E-state index contributed by atoms with van der Waals surface area (Å²) in [5.41, 5.74) is -0.945. The summed E-state index contributed by atoms with van der Waals surface area (Å²) < 4.78 is 38.6. The highest BCUT2D eigenvalue weighted by atomic mass is 35.5. The van der Waals surface area contributed by atoms with Crippen LogP contribution < -0.4 is 4.74 Å². The lowest BCUT2D eigenvalue weighted by Crippen LogP contribution is -2.18. The first-order valence-electron chi connectivity index (χ1n) is 3.35. The summed E-state index contributed by atoms with van der Waals surface area (Å²) in [4.78, 5) is 12.3. The second-order valence-electron chi connectivity index (χ2n) is 2.28. The zero-order chi connectivity index (χ0) is 11.6. The minimum absolute atomic E-state index is 0.156. The van der Waals surface area contributed by atoms with E-state index in [9.17, 15) is 23.3 Å². The minimum Gasteiger partial charge on any atom is -0.381 e. The average Bonchev–Trinajstić information content (AvgIpc) is 2.05. The Morgan fingerprint density at radius 2 is 2.13 bits per heavy atom. The molecule has 0 radical (unpaired) electrons. The van der Waals surface area contributed by atoms with Crippen molar-refractivity contribution in [1.82, 2.24) is 4.98 Å². The normalized spacial score (nSPS) is 11.2. The van der Waals surface area contributed by atoms with Gasteiger partial charge in [-0.25, -0.2) is 4.98 Å². The van der Waals surface area contributed by atoms with Gasteiger partial charge in [-0.15, -0.1) is 13.2 Å². The largest absolute Gasteiger partial charge is 0.574 e. The first-order chi connectivity index (χ1) is 6.79. The van der Waals surface area contributed by atoms with E-state index in [2.05, 4.69) is 9.72 Å². The van der Waals surface area contributed by atoms with E-state index >= 15 is 0 Å². The van der Waals surface area contributed by atoms with Crippen molar-refractivity contribution in [1.29, 1.82) is 0 Å². The summed E-state index contributed by atoms with van der Waals surface area (Å²) in [7, 11) is 0. The van der Waals surface area contributed by atoms with Crippen molar-refractivity contribution < 1.29 is 22.8 Å². The number of ether oxygens (including phenoxy) is 1. The molecule has 9 heteroatoms. The topological polar surface area (TPSA) is 65.3 Å². The SMILES string of the molecule is O=[N+]([O-])c1cc(Cl)cnc1OC(F)(F)F. The first kappa shape index (κ1) is 11.5. The molecule has 1 heterocycles. The lowest BCUT2D eigenvalue weighted by atomic mass is 10.4. The Labute approximate surface area is 85.6 Å². The van der Waals surface area contributed by atoms with Crippen LogP contribution in [0.2, 0.25) is 5.02 Å². The zero-order valence-electron chi connectivity index (χ0n) is 6.79. The molecule has 0 aliphatic carbocycles. The molecule has 0 bridgehead atoms. The van der Waals surface area contributed by atoms with Gasteiger partial charge in [0.15, 0.2) is 0 Å². The minimum atomic E-state index is -5.04. The van der Waals surface area contributed by atoms with Gasteiger partial charge in [-0.2, -0.15) is 0 Å². The van der Waals surface area contributed by atoms with Gasteiger partial charge in [0.05, 0.1) is 16.1 Å². The van der Waals surface area contributed by atoms with Crippen molar-refractivity contribution in [2.75, 3.05) is 0 Å². The van der Waals surface area contributed by atoms with E-state index in [-0.39, 0.29) is 5.02 Å². The Bertz CT molecular complexity index is 396. The molecule has 0 fully saturated rings. The van der Waals surface area contributed by atoms with Crippen molar-refractivity contribution in [2.24, 2.45) is 0 Å². The number of nitrogens with zero attached hydrogens (tertiary/aromatic N) is 2. The average molecular weight is 243 g/mol. The lowest BCUT2D eigenvalue weighted by Gasteiger charge is -2.07. The quantitative estimate of drug-likeness (QED) is 0.590. The third-order valence-corrected chi connectivity index (χ3v) is 1.41. The van der Waals surface area contributed by atoms with E-state index in [0.717, 1.165) is 12.3 Å². The zero-order valence-corrected chi connectivity index (χ0v) is 7.54. The molecule has 0 aromatic carbocycles. The molecule has 1 rings (SSSR count). The van der Waals surface area contributed by atoms with E-state index in [1.54, 1.807) is 0 Å². The molecular weight excluding hydrogens is 241 g/mol. The second-order valence-corrected chi connectivity index (χ2v) is 2.72. The van der Waals surface area contributed by atoms with Crippen LogP contribution >= 0.6 is 11.6 Å². The predicted octanol–water partition coefficient (Wildman–Crippen LogP) is 2.54. The van der Waals surface area contributed by atoms with Crippen LogP contribution in [0.4, 0.5) is 18.9 Å². The second kappa shape index (κ2) is 3.89. The van der Waals surface area contributed by atoms with Gasteiger partial charge >= 0.3 is 17.9 Å². The summed E-state index contributed by atoms with van der Waals surface area (Å²) in [6.45, 7) is 0. The Kier molecular flexibility index (Phi) is 2.98. The van der Waals surface area contributed by atoms with Gasteiger partial charge in [0, 0.05) is 6.07 Å². The van der Waals surface area contributed by atoms with E-state index in [1.165, 1.54) is 0 Å². The van der Waals surface area contributed by atoms with Crippen LogP contribution in [-0.2, 0) is 0 Å². The van der Waals surface area contributed by atoms with Gasteiger partial charge in [0.2, 0.25) is 0 Å². The van der Waals surface area contributed by atoms with Crippen LogP contribution in [0, 0.1) is 10.1 Å². The molecule has 82 valence electrons. The predicted molar refractivity (Wildman–Crippen MR) is 42.6 cm³/mol. The van der Waals surface area contributed by atoms with Crippen molar-refractivity contribution in [3.8, 4) is 5.88 Å². The van der Waals surface area contributed by atoms with Crippen LogP contribution in [0.1, 0.15) is 0 Å². The summed E-state index contributed by atoms with van der Waals surface area (Å²) in [5, 5.41) is 10.2. The van der Waals surface area contributed by atoms with Crippen molar-refractivity contribution in [2.45, 2.75) is 6.36 Å². The van der Waals surface area contributed by atoms with E-state index in [4.69, 9.17) is 11.6 Å². The number of aromatic nitrogens is 1. The van der Waals surface area contributed by atoms with E-state index in [1.807, 2.05) is 0 Å². The number of rotatable bonds is 2. The van der Waals surface area contributed by atoms with Gasteiger partial charge in [0.25, 0.3) is 0 Å². The van der Waals surface area contributed by atoms with Crippen molar-refractivity contribution >= 4 is 17.3 Å². The summed E-state index contributed by atoms with van der Waals surface area (Å²) in [5.74, 6) is -1.14. The van der Waals surface area contributed by atoms with Crippen LogP contribution in [0.5, 0.6) is 5.88 Å². The number of nitro groups is 1. The van der Waals surface area contributed by atoms with Crippen molar-refractivity contribution in [3.05, 3.63) is 27.4 Å². The Morgan fingerprint density at radius 3 is 2.60 bits per heavy atom. The molecule has 0 atom stereocenters. The van der Waals surface area contributed by atoms with Crippen LogP contribution in [0.15, 0.2) is 12.3 Å². The Hall–Kier alpha value is -1.57. The van der Waals surface area contributed by atoms with Gasteiger partial charge in [-0.3, -0.25) is 10.1 Å². The van der Waals surface area contributed by atoms with Crippen LogP contribution in [-0.4, -0.2) is 16.3 Å². The number of hydrogen-bond donors (Lipinski definition) is 0. The fourth-order valence-corrected chi connectivity index (χ4v) is 0.887. The highest BCUT2D eigenvalue weighted by Gasteiger charge is 2.35. The maximum atomic E-state index is 11.8. The molecule has 0 saturated carbocycles. The molecule has 0 aliphatic rings. The van der Waals surface area contributed by atoms with E-state index in [0.29, 0.717) is 0 Å². The fourth-order valence-electron chi connectivity index (χ4n) is 0.735. The van der Waals surface area contributed by atoms with Crippen LogP contribution in [0.3, 0.4) is 0 Å². The standard InChI is InChI=1S/C6H2ClF3N2O3/c7-3-1-4(12(13)14)5(11-2-3)15-6(8,9)10/h1-2H. The highest BCUT2D eigenvalue weighted by Crippen LogP contribution is 2.31. The molecule has 0 N–H and O–H groups in total. The third-order valence-electron chi connectivity index (χ3n) is 1.21. The maximum Gasteiger partial charge on any atom is 0.574 e. The number of hydrogen-bond acceptors (Lipinski definition) is 4. The molecule has 0 unspecified atom stereocenters. The molecule has 0 amide bonds. The highest BCUT2D eigenvalue weighted by molar-refractivity contribution is 6.30. The maximum absolute atomic E-state index is 11.8. The molecule has 1 aromatic rings. The van der Waals surface area contributed by atoms with Gasteiger partial charge in [-0.05, 0) is 0 Å². The van der Waals surface area contributed by atoms with Crippen molar-refractivity contribution in [3.63, 3.8) is 0 Å². The number of halogens is 4. The molecule has 15 heavy (non-hydrogen) atoms. The lowest BCUT2D eigenvalue weighted by molar-refractivity contribution is -0.389. The molecule has 5 nitrogen and oxygen atoms in total. The molecule has 0 spiro atoms. The molecule has 0 aliphatic heterocycles. The fraction of sp³-hybridized carbons (Fsp3) is 0.167. The van der Waals surface area contributed by atoms with Gasteiger partial charge in [0.1, 0.15) is 0 Å². The number of alkyl halides is 3. The molecule has 0 saturated heterocycles. The van der Waals surface area contributed by atoms with Gasteiger partial charge in [-0.1, -0.05) is 11.6 Å². The number of pyridine rings is 1. The molecular formula is C6H2ClF3N2O3. The summed E-state index contributed by atoms with van der Waals surface area (Å²) in [6, 6.07) is 0.718. The summed E-state index contributed by atoms with van der Waals surface area (Å²) in [6.07, 6.45) is -4.22. The Balaban J connectivity index is 3.12. The third kappa shape index (κ3) is 3.24. The Morgan fingerprint density at radius 1 is 1.53 bits per heavy atom. The van der Waals surface area contributed by atoms with Gasteiger partial charge < -0.3 is 4.74 Å². The smallest absolute Gasteiger partial charge is 0.381 e.